The van der Waals surface area contributed by atoms with Crippen LogP contribution in [0.1, 0.15) is 51.2 Å². The first-order valence-electron chi connectivity index (χ1n) is 11.9. The van der Waals surface area contributed by atoms with Crippen LogP contribution in [0.15, 0.2) is 42.5 Å². The number of nitrogens with zero attached hydrogens (tertiary/aromatic N) is 2. The van der Waals surface area contributed by atoms with Crippen LogP contribution in [0.2, 0.25) is 10.0 Å². The molecular formula is C26H35Cl2N3O4S. The fourth-order valence-electron chi connectivity index (χ4n) is 3.67. The zero-order chi connectivity index (χ0) is 27.0. The molecule has 0 aliphatic heterocycles. The SMILES string of the molecule is CC[C@H](C)NC(=O)[C@@H](C)N(Cc1ccc(Cl)cc1)C(=O)CCCN(c1cc(Cl)ccc1C)S(C)(=O)=O. The summed E-state index contributed by atoms with van der Waals surface area (Å²) in [7, 11) is -3.60. The minimum absolute atomic E-state index is 0.0170. The number of hydrogen-bond acceptors (Lipinski definition) is 4. The Labute approximate surface area is 224 Å². The largest absolute Gasteiger partial charge is 0.352 e. The second-order valence-corrected chi connectivity index (χ2v) is 11.8. The standard InChI is InChI=1S/C26H35Cl2N3O4S/c1-6-19(3)29-26(33)20(4)30(17-21-10-13-22(27)14-11-21)25(32)8-7-15-31(36(5,34)35)24-16-23(28)12-9-18(24)2/h9-14,16,19-20H,6-8,15,17H2,1-5H3,(H,29,33)/t19-,20+/m0/s1. The Balaban J connectivity index is 2.20. The molecule has 0 radical (unpaired) electrons. The molecule has 2 amide bonds. The lowest BCUT2D eigenvalue weighted by Gasteiger charge is -2.30. The van der Waals surface area contributed by atoms with Crippen LogP contribution < -0.4 is 9.62 Å². The van der Waals surface area contributed by atoms with E-state index in [1.54, 1.807) is 44.2 Å². The normalized spacial score (nSPS) is 13.1. The van der Waals surface area contributed by atoms with Gasteiger partial charge in [-0.3, -0.25) is 13.9 Å². The Hall–Kier alpha value is -2.29. The van der Waals surface area contributed by atoms with Gasteiger partial charge in [-0.15, -0.1) is 0 Å². The van der Waals surface area contributed by atoms with Crippen LogP contribution in [0.4, 0.5) is 5.69 Å². The van der Waals surface area contributed by atoms with E-state index in [4.69, 9.17) is 23.2 Å². The molecule has 0 spiro atoms. The number of halogens is 2. The molecular weight excluding hydrogens is 521 g/mol. The number of carbonyl (C=O) groups excluding carboxylic acids is 2. The molecule has 1 N–H and O–H groups in total. The van der Waals surface area contributed by atoms with E-state index in [1.807, 2.05) is 26.0 Å². The summed E-state index contributed by atoms with van der Waals surface area (Å²) in [6.45, 7) is 7.72. The first-order valence-corrected chi connectivity index (χ1v) is 14.5. The number of sulfonamides is 1. The quantitative estimate of drug-likeness (QED) is 0.391. The fraction of sp³-hybridized carbons (Fsp3) is 0.462. The highest BCUT2D eigenvalue weighted by Crippen LogP contribution is 2.27. The minimum atomic E-state index is -3.60. The molecule has 10 heteroatoms. The van der Waals surface area contributed by atoms with Crippen LogP contribution in [0.5, 0.6) is 0 Å². The molecule has 0 saturated carbocycles. The third-order valence-electron chi connectivity index (χ3n) is 6.03. The summed E-state index contributed by atoms with van der Waals surface area (Å²) in [6.07, 6.45) is 2.24. The van der Waals surface area contributed by atoms with Gasteiger partial charge in [-0.2, -0.15) is 0 Å². The van der Waals surface area contributed by atoms with Crippen molar-refractivity contribution in [2.75, 3.05) is 17.1 Å². The van der Waals surface area contributed by atoms with Crippen LogP contribution >= 0.6 is 23.2 Å². The Morgan fingerprint density at radius 2 is 1.64 bits per heavy atom. The summed E-state index contributed by atoms with van der Waals surface area (Å²) in [4.78, 5) is 27.7. The topological polar surface area (TPSA) is 86.8 Å². The molecule has 2 aromatic rings. The summed E-state index contributed by atoms with van der Waals surface area (Å²) in [5.41, 5.74) is 2.08. The number of rotatable bonds is 12. The van der Waals surface area contributed by atoms with Crippen molar-refractivity contribution in [1.29, 1.82) is 0 Å². The maximum Gasteiger partial charge on any atom is 0.242 e. The average molecular weight is 557 g/mol. The first-order chi connectivity index (χ1) is 16.8. The second-order valence-electron chi connectivity index (χ2n) is 9.01. The Bertz CT molecular complexity index is 1160. The molecule has 2 atom stereocenters. The Morgan fingerprint density at radius 3 is 2.22 bits per heavy atom. The van der Waals surface area contributed by atoms with Crippen molar-refractivity contribution in [3.63, 3.8) is 0 Å². The predicted octanol–water partition coefficient (Wildman–Crippen LogP) is 5.18. The number of hydrogen-bond donors (Lipinski definition) is 1. The summed E-state index contributed by atoms with van der Waals surface area (Å²) >= 11 is 12.1. The maximum absolute atomic E-state index is 13.3. The van der Waals surface area contributed by atoms with Gasteiger partial charge >= 0.3 is 0 Å². The van der Waals surface area contributed by atoms with Crippen LogP contribution in [-0.4, -0.2) is 50.0 Å². The van der Waals surface area contributed by atoms with Gasteiger partial charge in [0.15, 0.2) is 0 Å². The Kier molecular flexibility index (Phi) is 11.1. The predicted molar refractivity (Wildman–Crippen MR) is 147 cm³/mol. The first kappa shape index (κ1) is 29.9. The van der Waals surface area contributed by atoms with Gasteiger partial charge in [-0.1, -0.05) is 48.3 Å². The van der Waals surface area contributed by atoms with Gasteiger partial charge in [0.1, 0.15) is 6.04 Å². The number of amides is 2. The highest BCUT2D eigenvalue weighted by molar-refractivity contribution is 7.92. The minimum Gasteiger partial charge on any atom is -0.352 e. The molecule has 0 aliphatic carbocycles. The van der Waals surface area contributed by atoms with Crippen molar-refractivity contribution in [2.45, 2.75) is 65.6 Å². The van der Waals surface area contributed by atoms with Crippen LogP contribution in [0.25, 0.3) is 0 Å². The second kappa shape index (κ2) is 13.3. The fourth-order valence-corrected chi connectivity index (χ4v) is 4.98. The molecule has 0 bridgehead atoms. The lowest BCUT2D eigenvalue weighted by Crippen LogP contribution is -2.49. The highest BCUT2D eigenvalue weighted by Gasteiger charge is 2.27. The van der Waals surface area contributed by atoms with Gasteiger partial charge in [-0.05, 0) is 69.0 Å². The molecule has 36 heavy (non-hydrogen) atoms. The smallest absolute Gasteiger partial charge is 0.242 e. The third-order valence-corrected chi connectivity index (χ3v) is 7.69. The lowest BCUT2D eigenvalue weighted by molar-refractivity contribution is -0.140. The van der Waals surface area contributed by atoms with Gasteiger partial charge in [0.25, 0.3) is 0 Å². The van der Waals surface area contributed by atoms with E-state index in [9.17, 15) is 18.0 Å². The molecule has 2 aromatic carbocycles. The number of carbonyl (C=O) groups is 2. The maximum atomic E-state index is 13.3. The number of aryl methyl sites for hydroxylation is 1. The van der Waals surface area contributed by atoms with Crippen molar-refractivity contribution in [3.05, 3.63) is 63.6 Å². The molecule has 0 heterocycles. The van der Waals surface area contributed by atoms with Crippen LogP contribution in [-0.2, 0) is 26.2 Å². The summed E-state index contributed by atoms with van der Waals surface area (Å²) in [5, 5.41) is 3.94. The zero-order valence-corrected chi connectivity index (χ0v) is 23.8. The van der Waals surface area contributed by atoms with E-state index in [1.165, 1.54) is 9.21 Å². The Morgan fingerprint density at radius 1 is 1.03 bits per heavy atom. The van der Waals surface area contributed by atoms with Gasteiger partial charge < -0.3 is 10.2 Å². The monoisotopic (exact) mass is 555 g/mol. The van der Waals surface area contributed by atoms with Gasteiger partial charge in [0, 0.05) is 35.6 Å². The van der Waals surface area contributed by atoms with Gasteiger partial charge in [0.05, 0.1) is 11.9 Å². The van der Waals surface area contributed by atoms with Crippen LogP contribution in [0, 0.1) is 6.92 Å². The molecule has 7 nitrogen and oxygen atoms in total. The van der Waals surface area contributed by atoms with Crippen molar-refractivity contribution in [1.82, 2.24) is 10.2 Å². The average Bonchev–Trinajstić information content (AvgIpc) is 2.81. The zero-order valence-electron chi connectivity index (χ0n) is 21.4. The van der Waals surface area contributed by atoms with E-state index in [0.29, 0.717) is 15.7 Å². The molecule has 0 saturated heterocycles. The molecule has 198 valence electrons. The number of nitrogens with one attached hydrogen (secondary N) is 1. The molecule has 0 aromatic heterocycles. The molecule has 0 fully saturated rings. The van der Waals surface area contributed by atoms with E-state index >= 15 is 0 Å². The van der Waals surface area contributed by atoms with Crippen molar-refractivity contribution >= 4 is 50.7 Å². The van der Waals surface area contributed by atoms with E-state index in [2.05, 4.69) is 5.32 Å². The van der Waals surface area contributed by atoms with Crippen molar-refractivity contribution in [3.8, 4) is 0 Å². The van der Waals surface area contributed by atoms with E-state index in [0.717, 1.165) is 23.8 Å². The summed E-state index contributed by atoms with van der Waals surface area (Å²) in [6, 6.07) is 11.4. The third kappa shape index (κ3) is 8.68. The molecule has 0 aliphatic rings. The molecule has 2 rings (SSSR count). The molecule has 0 unspecified atom stereocenters. The van der Waals surface area contributed by atoms with Crippen LogP contribution in [0.3, 0.4) is 0 Å². The lowest BCUT2D eigenvalue weighted by atomic mass is 10.1. The van der Waals surface area contributed by atoms with Crippen molar-refractivity contribution < 1.29 is 18.0 Å². The van der Waals surface area contributed by atoms with Crippen molar-refractivity contribution in [2.24, 2.45) is 0 Å². The van der Waals surface area contributed by atoms with Gasteiger partial charge in [-0.25, -0.2) is 8.42 Å². The van der Waals surface area contributed by atoms with E-state index < -0.39 is 16.1 Å². The summed E-state index contributed by atoms with van der Waals surface area (Å²) < 4.78 is 26.3. The van der Waals surface area contributed by atoms with Gasteiger partial charge in [0.2, 0.25) is 21.8 Å². The number of benzene rings is 2. The highest BCUT2D eigenvalue weighted by atomic mass is 35.5. The van der Waals surface area contributed by atoms with E-state index in [-0.39, 0.29) is 43.8 Å². The summed E-state index contributed by atoms with van der Waals surface area (Å²) in [5.74, 6) is -0.480. The number of anilines is 1.